The fourth-order valence-corrected chi connectivity index (χ4v) is 5.42. The maximum absolute atomic E-state index is 12.0. The van der Waals surface area contributed by atoms with Crippen LogP contribution in [0, 0.1) is 29.1 Å². The van der Waals surface area contributed by atoms with Crippen molar-refractivity contribution in [1.29, 1.82) is 0 Å². The molecule has 0 saturated heterocycles. The van der Waals surface area contributed by atoms with Gasteiger partial charge in [0, 0.05) is 0 Å². The Kier molecular flexibility index (Phi) is 3.15. The lowest BCUT2D eigenvalue weighted by Crippen LogP contribution is -2.41. The summed E-state index contributed by atoms with van der Waals surface area (Å²) in [6.45, 7) is 4.90. The summed E-state index contributed by atoms with van der Waals surface area (Å²) in [6.07, 6.45) is 9.08. The number of ether oxygens (including phenoxy) is 1. The number of esters is 1. The normalized spacial score (nSPS) is 46.6. The minimum Gasteiger partial charge on any atom is -0.466 e. The second-order valence-corrected chi connectivity index (χ2v) is 6.84. The van der Waals surface area contributed by atoms with Gasteiger partial charge in [0.1, 0.15) is 0 Å². The molecule has 3 aliphatic carbocycles. The zero-order valence-corrected chi connectivity index (χ0v) is 11.8. The van der Waals surface area contributed by atoms with Gasteiger partial charge in [-0.05, 0) is 68.6 Å². The molecule has 2 nitrogen and oxygen atoms in total. The summed E-state index contributed by atoms with van der Waals surface area (Å²) in [5, 5.41) is 0. The molecule has 0 radical (unpaired) electrons. The average Bonchev–Trinajstić information content (AvgIpc) is 2.94. The molecule has 3 fully saturated rings. The summed E-state index contributed by atoms with van der Waals surface area (Å²) in [5.74, 6) is 2.98. The highest BCUT2D eigenvalue weighted by Gasteiger charge is 2.57. The molecule has 5 atom stereocenters. The molecule has 0 unspecified atom stereocenters. The highest BCUT2D eigenvalue weighted by Crippen LogP contribution is 2.65. The van der Waals surface area contributed by atoms with E-state index in [2.05, 4.69) is 6.92 Å². The van der Waals surface area contributed by atoms with Crippen LogP contribution in [0.4, 0.5) is 0 Å². The predicted molar refractivity (Wildman–Crippen MR) is 71.0 cm³/mol. The average molecular weight is 250 g/mol. The van der Waals surface area contributed by atoms with Crippen molar-refractivity contribution in [1.82, 2.24) is 0 Å². The van der Waals surface area contributed by atoms with Crippen LogP contribution >= 0.6 is 0 Å². The van der Waals surface area contributed by atoms with E-state index in [0.717, 1.165) is 30.6 Å². The van der Waals surface area contributed by atoms with Crippen LogP contribution in [-0.4, -0.2) is 12.6 Å². The van der Waals surface area contributed by atoms with Crippen LogP contribution in [0.3, 0.4) is 0 Å². The molecular weight excluding hydrogens is 224 g/mol. The van der Waals surface area contributed by atoms with Gasteiger partial charge in [-0.25, -0.2) is 0 Å². The summed E-state index contributed by atoms with van der Waals surface area (Å²) in [6, 6.07) is 0. The maximum Gasteiger partial charge on any atom is 0.308 e. The molecule has 102 valence electrons. The van der Waals surface area contributed by atoms with E-state index in [-0.39, 0.29) is 11.9 Å². The summed E-state index contributed by atoms with van der Waals surface area (Å²) < 4.78 is 5.26. The van der Waals surface area contributed by atoms with Gasteiger partial charge in [-0.1, -0.05) is 13.3 Å². The van der Waals surface area contributed by atoms with Gasteiger partial charge in [0.2, 0.25) is 0 Å². The van der Waals surface area contributed by atoms with Crippen LogP contribution in [0.15, 0.2) is 0 Å². The third-order valence-corrected chi connectivity index (χ3v) is 6.34. The van der Waals surface area contributed by atoms with Crippen LogP contribution in [0.25, 0.3) is 0 Å². The second kappa shape index (κ2) is 4.54. The Hall–Kier alpha value is -0.530. The molecule has 3 aliphatic rings. The van der Waals surface area contributed by atoms with Crippen molar-refractivity contribution >= 4 is 5.97 Å². The van der Waals surface area contributed by atoms with Crippen LogP contribution in [-0.2, 0) is 9.53 Å². The van der Waals surface area contributed by atoms with Crippen molar-refractivity contribution in [3.05, 3.63) is 0 Å². The van der Waals surface area contributed by atoms with Crippen molar-refractivity contribution in [2.45, 2.75) is 58.8 Å². The van der Waals surface area contributed by atoms with Gasteiger partial charge in [-0.15, -0.1) is 0 Å². The van der Waals surface area contributed by atoms with Crippen molar-refractivity contribution in [3.63, 3.8) is 0 Å². The molecule has 0 aliphatic heterocycles. The van der Waals surface area contributed by atoms with Crippen LogP contribution in [0.5, 0.6) is 0 Å². The van der Waals surface area contributed by atoms with E-state index in [0.29, 0.717) is 12.0 Å². The summed E-state index contributed by atoms with van der Waals surface area (Å²) in [4.78, 5) is 12.0. The zero-order chi connectivity index (χ0) is 12.8. The van der Waals surface area contributed by atoms with Gasteiger partial charge in [-0.3, -0.25) is 4.79 Å². The van der Waals surface area contributed by atoms with Crippen LogP contribution < -0.4 is 0 Å². The van der Waals surface area contributed by atoms with Crippen molar-refractivity contribution in [2.75, 3.05) is 6.61 Å². The lowest BCUT2D eigenvalue weighted by molar-refractivity contribution is -0.152. The molecule has 2 heteroatoms. The van der Waals surface area contributed by atoms with E-state index in [1.54, 1.807) is 0 Å². The molecule has 1 spiro atoms. The molecule has 18 heavy (non-hydrogen) atoms. The van der Waals surface area contributed by atoms with Gasteiger partial charge < -0.3 is 4.74 Å². The van der Waals surface area contributed by atoms with Crippen LogP contribution in [0.2, 0.25) is 0 Å². The van der Waals surface area contributed by atoms with Gasteiger partial charge in [0.05, 0.1) is 12.5 Å². The first-order valence-electron chi connectivity index (χ1n) is 7.84. The standard InChI is InChI=1S/C16H26O2/c1-3-18-15(17)13-5-4-8-16(10-13)11(2)12-6-7-14(16)9-12/h11-14H,3-10H2,1-2H3/t11-,12-,13-,14+,16+/m0/s1. The number of rotatable bonds is 2. The molecule has 3 rings (SSSR count). The molecule has 0 heterocycles. The Morgan fingerprint density at radius 1 is 1.33 bits per heavy atom. The number of hydrogen-bond donors (Lipinski definition) is 0. The Bertz CT molecular complexity index is 334. The Morgan fingerprint density at radius 3 is 2.83 bits per heavy atom. The first-order valence-corrected chi connectivity index (χ1v) is 7.84. The Balaban J connectivity index is 1.75. The first kappa shape index (κ1) is 12.5. The fraction of sp³-hybridized carbons (Fsp3) is 0.938. The lowest BCUT2D eigenvalue weighted by atomic mass is 9.57. The molecule has 0 aromatic heterocycles. The van der Waals surface area contributed by atoms with Gasteiger partial charge in [0.25, 0.3) is 0 Å². The fourth-order valence-electron chi connectivity index (χ4n) is 5.42. The number of carbonyl (C=O) groups excluding carboxylic acids is 1. The quantitative estimate of drug-likeness (QED) is 0.697. The largest absolute Gasteiger partial charge is 0.466 e. The SMILES string of the molecule is CCOC(=O)[C@H]1CCC[C@]2(C1)[C@@H]1CC[C@@H](C1)[C@@H]2C. The number of carbonyl (C=O) groups is 1. The zero-order valence-electron chi connectivity index (χ0n) is 11.8. The van der Waals surface area contributed by atoms with Gasteiger partial charge in [-0.2, -0.15) is 0 Å². The van der Waals surface area contributed by atoms with E-state index in [1.807, 2.05) is 6.92 Å². The smallest absolute Gasteiger partial charge is 0.308 e. The molecule has 0 aromatic carbocycles. The van der Waals surface area contributed by atoms with E-state index in [4.69, 9.17) is 4.74 Å². The molecule has 0 N–H and O–H groups in total. The Labute approximate surface area is 110 Å². The van der Waals surface area contributed by atoms with Crippen LogP contribution in [0.1, 0.15) is 58.8 Å². The van der Waals surface area contributed by atoms with Crippen molar-refractivity contribution < 1.29 is 9.53 Å². The second-order valence-electron chi connectivity index (χ2n) is 6.84. The van der Waals surface area contributed by atoms with Gasteiger partial charge in [0.15, 0.2) is 0 Å². The lowest BCUT2D eigenvalue weighted by Gasteiger charge is -2.47. The topological polar surface area (TPSA) is 26.3 Å². The van der Waals surface area contributed by atoms with E-state index >= 15 is 0 Å². The van der Waals surface area contributed by atoms with E-state index in [9.17, 15) is 4.79 Å². The molecular formula is C16H26O2. The first-order chi connectivity index (χ1) is 8.67. The summed E-state index contributed by atoms with van der Waals surface area (Å²) in [5.41, 5.74) is 0.499. The van der Waals surface area contributed by atoms with Crippen molar-refractivity contribution in [2.24, 2.45) is 29.1 Å². The summed E-state index contributed by atoms with van der Waals surface area (Å²) >= 11 is 0. The van der Waals surface area contributed by atoms with E-state index in [1.165, 1.54) is 32.1 Å². The molecule has 3 saturated carbocycles. The minimum absolute atomic E-state index is 0.0755. The molecule has 2 bridgehead atoms. The third-order valence-electron chi connectivity index (χ3n) is 6.34. The number of fused-ring (bicyclic) bond motifs is 3. The minimum atomic E-state index is 0.0755. The Morgan fingerprint density at radius 2 is 2.17 bits per heavy atom. The van der Waals surface area contributed by atoms with Gasteiger partial charge >= 0.3 is 5.97 Å². The maximum atomic E-state index is 12.0. The highest BCUT2D eigenvalue weighted by molar-refractivity contribution is 5.72. The monoisotopic (exact) mass is 250 g/mol. The van der Waals surface area contributed by atoms with Crippen molar-refractivity contribution in [3.8, 4) is 0 Å². The summed E-state index contributed by atoms with van der Waals surface area (Å²) in [7, 11) is 0. The van der Waals surface area contributed by atoms with E-state index < -0.39 is 0 Å². The molecule has 0 amide bonds. The highest BCUT2D eigenvalue weighted by atomic mass is 16.5. The predicted octanol–water partition coefficient (Wildman–Crippen LogP) is 3.79. The number of hydrogen-bond acceptors (Lipinski definition) is 2. The molecule has 0 aromatic rings. The third kappa shape index (κ3) is 1.71.